The number of hydrogen-bond acceptors (Lipinski definition) is 4. The summed E-state index contributed by atoms with van der Waals surface area (Å²) in [7, 11) is -3.59. The highest BCUT2D eigenvalue weighted by molar-refractivity contribution is 9.11. The van der Waals surface area contributed by atoms with Crippen molar-refractivity contribution in [2.45, 2.75) is 18.1 Å². The minimum absolute atomic E-state index is 0.107. The van der Waals surface area contributed by atoms with Gasteiger partial charge in [-0.3, -0.25) is 4.72 Å². The molecule has 0 unspecified atom stereocenters. The summed E-state index contributed by atoms with van der Waals surface area (Å²) in [5, 5.41) is 9.31. The number of phenolic OH excluding ortho intramolecular Hbond substituents is 1. The molecule has 7 heteroatoms. The molecule has 1 aromatic carbocycles. The Morgan fingerprint density at radius 1 is 1.21 bits per heavy atom. The van der Waals surface area contributed by atoms with Crippen LogP contribution in [0.1, 0.15) is 11.1 Å². The van der Waals surface area contributed by atoms with Crippen molar-refractivity contribution in [3.05, 3.63) is 39.2 Å². The van der Waals surface area contributed by atoms with E-state index >= 15 is 0 Å². The molecule has 0 radical (unpaired) electrons. The zero-order valence-corrected chi connectivity index (χ0v) is 13.5. The number of hydrogen-bond donors (Lipinski definition) is 2. The molecule has 2 N–H and O–H groups in total. The number of sulfonamides is 1. The van der Waals surface area contributed by atoms with Crippen molar-refractivity contribution >= 4 is 43.0 Å². The van der Waals surface area contributed by atoms with Gasteiger partial charge in [-0.1, -0.05) is 0 Å². The number of aromatic hydroxyl groups is 1. The number of anilines is 1. The van der Waals surface area contributed by atoms with Gasteiger partial charge >= 0.3 is 0 Å². The van der Waals surface area contributed by atoms with E-state index in [1.165, 1.54) is 29.5 Å². The number of rotatable bonds is 3. The van der Waals surface area contributed by atoms with Crippen molar-refractivity contribution in [3.63, 3.8) is 0 Å². The second-order valence-electron chi connectivity index (χ2n) is 4.13. The Balaban J connectivity index is 2.36. The predicted octanol–water partition coefficient (Wildman–Crippen LogP) is 3.63. The molecule has 0 amide bonds. The molecule has 102 valence electrons. The summed E-state index contributed by atoms with van der Waals surface area (Å²) in [6.07, 6.45) is 0. The average Bonchev–Trinajstić information content (AvgIpc) is 2.64. The van der Waals surface area contributed by atoms with E-state index in [-0.39, 0.29) is 9.96 Å². The lowest BCUT2D eigenvalue weighted by Gasteiger charge is -2.09. The second-order valence-corrected chi connectivity index (χ2v) is 8.41. The SMILES string of the molecule is Cc1cc(O)ccc1NS(=O)(=O)c1cc(C)c(Br)s1. The first-order valence-corrected chi connectivity index (χ1v) is 8.47. The molecule has 4 nitrogen and oxygen atoms in total. The normalized spacial score (nSPS) is 11.5. The first kappa shape index (κ1) is 14.4. The molecule has 0 saturated heterocycles. The van der Waals surface area contributed by atoms with Gasteiger partial charge < -0.3 is 5.11 Å². The Morgan fingerprint density at radius 3 is 2.42 bits per heavy atom. The smallest absolute Gasteiger partial charge is 0.271 e. The van der Waals surface area contributed by atoms with Gasteiger partial charge in [0.2, 0.25) is 0 Å². The van der Waals surface area contributed by atoms with Crippen LogP contribution in [0.2, 0.25) is 0 Å². The third kappa shape index (κ3) is 3.10. The first-order valence-electron chi connectivity index (χ1n) is 5.38. The maximum atomic E-state index is 12.2. The van der Waals surface area contributed by atoms with Crippen LogP contribution in [0.15, 0.2) is 32.3 Å². The van der Waals surface area contributed by atoms with Crippen LogP contribution in [0.3, 0.4) is 0 Å². The van der Waals surface area contributed by atoms with Crippen LogP contribution in [0.5, 0.6) is 5.75 Å². The molecule has 1 heterocycles. The van der Waals surface area contributed by atoms with Gasteiger partial charge in [0.05, 0.1) is 9.47 Å². The minimum Gasteiger partial charge on any atom is -0.508 e. The predicted molar refractivity (Wildman–Crippen MR) is 80.4 cm³/mol. The highest BCUT2D eigenvalue weighted by Gasteiger charge is 2.19. The fraction of sp³-hybridized carbons (Fsp3) is 0.167. The van der Waals surface area contributed by atoms with Crippen molar-refractivity contribution in [2.75, 3.05) is 4.72 Å². The summed E-state index contributed by atoms with van der Waals surface area (Å²) in [5.41, 5.74) is 2.00. The molecule has 1 aromatic heterocycles. The van der Waals surface area contributed by atoms with Gasteiger partial charge in [-0.05, 0) is 65.2 Å². The van der Waals surface area contributed by atoms with Crippen LogP contribution in [-0.4, -0.2) is 13.5 Å². The molecule has 19 heavy (non-hydrogen) atoms. The van der Waals surface area contributed by atoms with Crippen molar-refractivity contribution < 1.29 is 13.5 Å². The number of benzene rings is 1. The average molecular weight is 362 g/mol. The Labute approximate surface area is 124 Å². The summed E-state index contributed by atoms with van der Waals surface area (Å²) in [6, 6.07) is 6.11. The fourth-order valence-corrected chi connectivity index (χ4v) is 4.88. The summed E-state index contributed by atoms with van der Waals surface area (Å²) >= 11 is 4.48. The number of aryl methyl sites for hydroxylation is 2. The number of halogens is 1. The van der Waals surface area contributed by atoms with Crippen LogP contribution in [-0.2, 0) is 10.0 Å². The number of nitrogens with one attached hydrogen (secondary N) is 1. The van der Waals surface area contributed by atoms with E-state index in [9.17, 15) is 13.5 Å². The van der Waals surface area contributed by atoms with Gasteiger partial charge in [0.1, 0.15) is 9.96 Å². The van der Waals surface area contributed by atoms with E-state index in [1.54, 1.807) is 13.0 Å². The Bertz CT molecular complexity index is 703. The van der Waals surface area contributed by atoms with E-state index < -0.39 is 10.0 Å². The van der Waals surface area contributed by atoms with E-state index in [0.717, 1.165) is 9.35 Å². The molecule has 0 aliphatic carbocycles. The first-order chi connectivity index (χ1) is 8.79. The Hall–Kier alpha value is -1.05. The molecule has 0 saturated carbocycles. The molecule has 0 aliphatic rings. The molecule has 0 spiro atoms. The monoisotopic (exact) mass is 361 g/mol. The maximum absolute atomic E-state index is 12.2. The van der Waals surface area contributed by atoms with E-state index in [2.05, 4.69) is 20.7 Å². The van der Waals surface area contributed by atoms with Gasteiger partial charge in [0.25, 0.3) is 10.0 Å². The van der Waals surface area contributed by atoms with Gasteiger partial charge in [0.15, 0.2) is 0 Å². The largest absolute Gasteiger partial charge is 0.508 e. The van der Waals surface area contributed by atoms with Crippen LogP contribution in [0.4, 0.5) is 5.69 Å². The van der Waals surface area contributed by atoms with Crippen molar-refractivity contribution in [2.24, 2.45) is 0 Å². The summed E-state index contributed by atoms with van der Waals surface area (Å²) in [4.78, 5) is 0. The van der Waals surface area contributed by atoms with Crippen LogP contribution in [0, 0.1) is 13.8 Å². The Kier molecular flexibility index (Phi) is 3.89. The number of phenols is 1. The van der Waals surface area contributed by atoms with Crippen molar-refractivity contribution in [1.82, 2.24) is 0 Å². The number of thiophene rings is 1. The second kappa shape index (κ2) is 5.15. The topological polar surface area (TPSA) is 66.4 Å². The van der Waals surface area contributed by atoms with E-state index in [1.807, 2.05) is 6.92 Å². The Morgan fingerprint density at radius 2 is 1.89 bits per heavy atom. The zero-order valence-electron chi connectivity index (χ0n) is 10.3. The molecule has 0 fully saturated rings. The van der Waals surface area contributed by atoms with Crippen molar-refractivity contribution in [3.8, 4) is 5.75 Å². The summed E-state index contributed by atoms with van der Waals surface area (Å²) in [5.74, 6) is 0.107. The van der Waals surface area contributed by atoms with Gasteiger partial charge in [-0.2, -0.15) is 0 Å². The zero-order chi connectivity index (χ0) is 14.2. The lowest BCUT2D eigenvalue weighted by atomic mass is 10.2. The van der Waals surface area contributed by atoms with Crippen LogP contribution in [0.25, 0.3) is 0 Å². The third-order valence-electron chi connectivity index (χ3n) is 2.55. The molecule has 0 bridgehead atoms. The van der Waals surface area contributed by atoms with E-state index in [0.29, 0.717) is 11.3 Å². The lowest BCUT2D eigenvalue weighted by molar-refractivity contribution is 0.475. The standard InChI is InChI=1S/C12H12BrNO3S2/c1-7-5-9(15)3-4-10(7)14-19(16,17)11-6-8(2)12(13)18-11/h3-6,14-15H,1-2H3. The lowest BCUT2D eigenvalue weighted by Crippen LogP contribution is -2.12. The quantitative estimate of drug-likeness (QED) is 0.820. The summed E-state index contributed by atoms with van der Waals surface area (Å²) in [6.45, 7) is 3.57. The van der Waals surface area contributed by atoms with Crippen LogP contribution >= 0.6 is 27.3 Å². The minimum atomic E-state index is -3.59. The van der Waals surface area contributed by atoms with Gasteiger partial charge in [-0.25, -0.2) is 8.42 Å². The fourth-order valence-electron chi connectivity index (χ4n) is 1.52. The van der Waals surface area contributed by atoms with Gasteiger partial charge in [0, 0.05) is 0 Å². The molecule has 0 aliphatic heterocycles. The molecule has 2 aromatic rings. The van der Waals surface area contributed by atoms with Gasteiger partial charge in [-0.15, -0.1) is 11.3 Å². The maximum Gasteiger partial charge on any atom is 0.271 e. The summed E-state index contributed by atoms with van der Waals surface area (Å²) < 4.78 is 28.0. The molecular weight excluding hydrogens is 350 g/mol. The van der Waals surface area contributed by atoms with Crippen LogP contribution < -0.4 is 4.72 Å². The molecular formula is C12H12BrNO3S2. The highest BCUT2D eigenvalue weighted by atomic mass is 79.9. The molecule has 0 atom stereocenters. The van der Waals surface area contributed by atoms with Crippen molar-refractivity contribution in [1.29, 1.82) is 0 Å². The highest BCUT2D eigenvalue weighted by Crippen LogP contribution is 2.32. The molecule has 2 rings (SSSR count). The van der Waals surface area contributed by atoms with E-state index in [4.69, 9.17) is 0 Å². The third-order valence-corrected chi connectivity index (χ3v) is 6.53.